The summed E-state index contributed by atoms with van der Waals surface area (Å²) < 4.78 is 6.60. The molecule has 0 spiro atoms. The fourth-order valence-corrected chi connectivity index (χ4v) is 2.01. The first-order chi connectivity index (χ1) is 6.36. The van der Waals surface area contributed by atoms with Crippen LogP contribution in [-0.2, 0) is 4.74 Å². The Labute approximate surface area is 86.0 Å². The van der Waals surface area contributed by atoms with Gasteiger partial charge in [-0.3, -0.25) is 0 Å². The number of benzene rings is 1. The van der Waals surface area contributed by atoms with Crippen LogP contribution in [0.25, 0.3) is 6.08 Å². The van der Waals surface area contributed by atoms with E-state index in [4.69, 9.17) is 4.74 Å². The van der Waals surface area contributed by atoms with Crippen LogP contribution in [0, 0.1) is 0 Å². The van der Waals surface area contributed by atoms with Gasteiger partial charge in [-0.15, -0.1) is 0 Å². The zero-order valence-electron chi connectivity index (χ0n) is 7.99. The van der Waals surface area contributed by atoms with Gasteiger partial charge in [0.2, 0.25) is 0 Å². The van der Waals surface area contributed by atoms with Gasteiger partial charge in [0.05, 0.1) is 0 Å². The predicted molar refractivity (Wildman–Crippen MR) is 57.7 cm³/mol. The molecule has 0 saturated heterocycles. The first-order valence-electron chi connectivity index (χ1n) is 4.30. The van der Waals surface area contributed by atoms with Crippen molar-refractivity contribution >= 4 is 21.0 Å². The van der Waals surface area contributed by atoms with Gasteiger partial charge in [0, 0.05) is 0 Å². The molecule has 0 N–H and O–H groups in total. The van der Waals surface area contributed by atoms with Crippen molar-refractivity contribution in [1.29, 1.82) is 0 Å². The molecule has 1 aromatic rings. The van der Waals surface area contributed by atoms with Crippen LogP contribution in [0.1, 0.15) is 12.5 Å². The molecule has 0 radical (unpaired) electrons. The van der Waals surface area contributed by atoms with Crippen LogP contribution >= 0.6 is 0 Å². The molecule has 0 heterocycles. The van der Waals surface area contributed by atoms with E-state index in [1.54, 1.807) is 0 Å². The molecule has 0 aliphatic heterocycles. The monoisotopic (exact) mass is 242 g/mol. The molecule has 0 aliphatic carbocycles. The Morgan fingerprint density at radius 1 is 1.38 bits per heavy atom. The van der Waals surface area contributed by atoms with E-state index in [0.717, 1.165) is 11.3 Å². The third-order valence-corrected chi connectivity index (χ3v) is 2.91. The Balaban J connectivity index is 2.73. The summed E-state index contributed by atoms with van der Waals surface area (Å²) >= 11 is 0.436. The summed E-state index contributed by atoms with van der Waals surface area (Å²) in [6.45, 7) is 2.78. The van der Waals surface area contributed by atoms with Gasteiger partial charge in [0.1, 0.15) is 0 Å². The van der Waals surface area contributed by atoms with Gasteiger partial charge in [-0.1, -0.05) is 0 Å². The molecule has 0 aromatic heterocycles. The fourth-order valence-electron chi connectivity index (χ4n) is 0.987. The van der Waals surface area contributed by atoms with Gasteiger partial charge < -0.3 is 0 Å². The molecule has 0 fully saturated rings. The minimum absolute atomic E-state index is 0.436. The van der Waals surface area contributed by atoms with E-state index in [1.807, 2.05) is 25.1 Å². The van der Waals surface area contributed by atoms with Crippen LogP contribution in [0.15, 0.2) is 35.0 Å². The molecule has 0 atom stereocenters. The minimum atomic E-state index is 0.436. The van der Waals surface area contributed by atoms with E-state index in [-0.39, 0.29) is 0 Å². The molecule has 0 unspecified atom stereocenters. The molecular weight excluding hydrogens is 227 g/mol. The average molecular weight is 241 g/mol. The van der Waals surface area contributed by atoms with Gasteiger partial charge in [-0.2, -0.15) is 0 Å². The summed E-state index contributed by atoms with van der Waals surface area (Å²) in [6, 6.07) is 10.3. The first kappa shape index (κ1) is 10.4. The maximum atomic E-state index is 5.48. The van der Waals surface area contributed by atoms with E-state index < -0.39 is 0 Å². The topological polar surface area (TPSA) is 9.23 Å². The average Bonchev–Trinajstić information content (AvgIpc) is 2.19. The third-order valence-electron chi connectivity index (χ3n) is 1.57. The van der Waals surface area contributed by atoms with E-state index in [1.165, 1.54) is 5.56 Å². The number of hydrogen-bond donors (Lipinski definition) is 0. The molecule has 0 amide bonds. The Hall–Kier alpha value is -0.721. The molecule has 0 aliphatic rings. The molecule has 0 saturated carbocycles. The number of ether oxygens (including phenoxy) is 1. The third kappa shape index (κ3) is 3.66. The quantitative estimate of drug-likeness (QED) is 0.581. The number of hydrogen-bond acceptors (Lipinski definition) is 1. The van der Waals surface area contributed by atoms with Gasteiger partial charge in [-0.05, 0) is 0 Å². The first-order valence-corrected chi connectivity index (χ1v) is 6.87. The second-order valence-electron chi connectivity index (χ2n) is 2.51. The zero-order chi connectivity index (χ0) is 9.52. The van der Waals surface area contributed by atoms with Crippen molar-refractivity contribution in [3.8, 4) is 0 Å². The van der Waals surface area contributed by atoms with Crippen molar-refractivity contribution in [2.45, 2.75) is 12.7 Å². The van der Waals surface area contributed by atoms with Crippen molar-refractivity contribution in [3.05, 3.63) is 40.6 Å². The van der Waals surface area contributed by atoms with E-state index >= 15 is 0 Å². The number of rotatable bonds is 4. The van der Waals surface area contributed by atoms with E-state index in [0.29, 0.717) is 15.0 Å². The van der Waals surface area contributed by atoms with Gasteiger partial charge >= 0.3 is 85.7 Å². The normalized spacial score (nSPS) is 11.4. The Kier molecular flexibility index (Phi) is 4.66. The van der Waals surface area contributed by atoms with E-state index in [9.17, 15) is 0 Å². The maximum absolute atomic E-state index is 5.48. The van der Waals surface area contributed by atoms with Crippen LogP contribution in [0.3, 0.4) is 0 Å². The van der Waals surface area contributed by atoms with Crippen LogP contribution in [0.5, 0.6) is 0 Å². The van der Waals surface area contributed by atoms with Crippen molar-refractivity contribution in [2.24, 2.45) is 0 Å². The summed E-state index contributed by atoms with van der Waals surface area (Å²) in [7, 11) is 0. The van der Waals surface area contributed by atoms with Crippen molar-refractivity contribution in [3.63, 3.8) is 0 Å². The molecule has 1 rings (SSSR count). The molecule has 13 heavy (non-hydrogen) atoms. The molecule has 1 aromatic carbocycles. The van der Waals surface area contributed by atoms with Gasteiger partial charge in [-0.25, -0.2) is 0 Å². The van der Waals surface area contributed by atoms with Crippen molar-refractivity contribution in [1.82, 2.24) is 0 Å². The Bertz CT molecular complexity index is 267. The molecule has 0 bridgehead atoms. The van der Waals surface area contributed by atoms with E-state index in [2.05, 4.69) is 24.0 Å². The molecular formula is C11H14OSe. The van der Waals surface area contributed by atoms with Crippen molar-refractivity contribution in [2.75, 3.05) is 6.61 Å². The second kappa shape index (κ2) is 5.85. The summed E-state index contributed by atoms with van der Waals surface area (Å²) in [6.07, 6.45) is 2.11. The second-order valence-corrected chi connectivity index (χ2v) is 4.21. The predicted octanol–water partition coefficient (Wildman–Crippen LogP) is 2.77. The van der Waals surface area contributed by atoms with Crippen molar-refractivity contribution < 1.29 is 4.74 Å². The summed E-state index contributed by atoms with van der Waals surface area (Å²) in [5.74, 6) is 2.16. The molecule has 2 heteroatoms. The fraction of sp³-hybridized carbons (Fsp3) is 0.273. The van der Waals surface area contributed by atoms with Crippen LogP contribution in [0.4, 0.5) is 0 Å². The summed E-state index contributed by atoms with van der Waals surface area (Å²) in [5, 5.41) is 0. The Morgan fingerprint density at radius 2 is 2.08 bits per heavy atom. The Morgan fingerprint density at radius 3 is 2.62 bits per heavy atom. The van der Waals surface area contributed by atoms with Gasteiger partial charge in [0.15, 0.2) is 0 Å². The zero-order valence-corrected chi connectivity index (χ0v) is 9.70. The SMILES string of the molecule is CCO/C(=C\c1ccccc1)[Se]C. The summed E-state index contributed by atoms with van der Waals surface area (Å²) in [5.41, 5.74) is 1.22. The van der Waals surface area contributed by atoms with Crippen LogP contribution in [0.2, 0.25) is 5.82 Å². The molecule has 70 valence electrons. The van der Waals surface area contributed by atoms with Crippen LogP contribution < -0.4 is 0 Å². The van der Waals surface area contributed by atoms with Gasteiger partial charge in [0.25, 0.3) is 0 Å². The standard InChI is InChI=1S/C11H14OSe/c1-3-12-11(13-2)9-10-7-5-4-6-8-10/h4-9H,3H2,1-2H3/b11-9+. The molecule has 1 nitrogen and oxygen atoms in total. The summed E-state index contributed by atoms with van der Waals surface area (Å²) in [4.78, 5) is 0. The van der Waals surface area contributed by atoms with Crippen LogP contribution in [-0.4, -0.2) is 21.6 Å².